The summed E-state index contributed by atoms with van der Waals surface area (Å²) in [5, 5.41) is 0. The number of hydrazine groups is 1. The molecule has 0 saturated carbocycles. The summed E-state index contributed by atoms with van der Waals surface area (Å²) in [6, 6.07) is -0.833. The highest BCUT2D eigenvalue weighted by molar-refractivity contribution is 7.60. The summed E-state index contributed by atoms with van der Waals surface area (Å²) in [4.78, 5) is 50.7. The number of urea groups is 1. The van der Waals surface area contributed by atoms with Crippen LogP contribution in [-0.2, 0) is 13.4 Å². The number of primary amides is 2. The van der Waals surface area contributed by atoms with E-state index in [0.717, 1.165) is 0 Å². The molecule has 0 fully saturated rings. The van der Waals surface area contributed by atoms with Crippen molar-refractivity contribution >= 4 is 39.5 Å². The predicted octanol–water partition coefficient (Wildman–Crippen LogP) is -3.47. The number of amides is 2. The Kier molecular flexibility index (Phi) is 9.90. The van der Waals surface area contributed by atoms with Crippen LogP contribution < -0.4 is 34.2 Å². The smallest absolute Gasteiger partial charge is 0.368 e. The van der Waals surface area contributed by atoms with Crippen molar-refractivity contribution in [3.63, 3.8) is 0 Å². The maximum atomic E-state index is 9.63. The second-order valence-electron chi connectivity index (χ2n) is 2.98. The van der Waals surface area contributed by atoms with Gasteiger partial charge < -0.3 is 42.5 Å². The summed E-state index contributed by atoms with van der Waals surface area (Å²) in [5.74, 6) is 5.22. The Labute approximate surface area is 127 Å². The number of aromatic nitrogens is 3. The van der Waals surface area contributed by atoms with Crippen LogP contribution in [0, 0.1) is 0 Å². The zero-order chi connectivity index (χ0) is 18.8. The highest BCUT2D eigenvalue weighted by Gasteiger charge is 2.27. The molecule has 0 unspecified atom stereocenters. The topological polar surface area (TPSA) is 322 Å². The van der Waals surface area contributed by atoms with Gasteiger partial charge in [-0.05, 0) is 0 Å². The number of nitrogens with one attached hydrogen (secondary N) is 1. The molecule has 0 aromatic carbocycles. The van der Waals surface area contributed by atoms with Crippen molar-refractivity contribution in [2.75, 3.05) is 16.9 Å². The van der Waals surface area contributed by atoms with Crippen molar-refractivity contribution in [2.45, 2.75) is 0 Å². The number of carbonyl (C=O) groups is 1. The zero-order valence-corrected chi connectivity index (χ0v) is 12.8. The van der Waals surface area contributed by atoms with Crippen LogP contribution in [-0.4, -0.2) is 40.6 Å². The van der Waals surface area contributed by atoms with Gasteiger partial charge in [-0.3, -0.25) is 5.43 Å². The van der Waals surface area contributed by atoms with Gasteiger partial charge in [-0.25, -0.2) is 19.8 Å². The average molecular weight is 379 g/mol. The van der Waals surface area contributed by atoms with Crippen LogP contribution in [0.3, 0.4) is 0 Å². The van der Waals surface area contributed by atoms with Gasteiger partial charge in [0.1, 0.15) is 0 Å². The average Bonchev–Trinajstić information content (AvgIpc) is 2.22. The summed E-state index contributed by atoms with van der Waals surface area (Å²) >= 11 is 0. The third-order valence-corrected chi connectivity index (χ3v) is 2.71. The number of hydrogen-bond acceptors (Lipinski definition) is 11. The Bertz CT molecular complexity index is 555. The third-order valence-electron chi connectivity index (χ3n) is 1.01. The van der Waals surface area contributed by atoms with Crippen molar-refractivity contribution < 1.29 is 37.8 Å². The monoisotopic (exact) mass is 379 g/mol. The van der Waals surface area contributed by atoms with E-state index in [1.807, 2.05) is 0 Å². The van der Waals surface area contributed by atoms with Crippen LogP contribution in [0.15, 0.2) is 0 Å². The quantitative estimate of drug-likeness (QED) is 0.138. The van der Waals surface area contributed by atoms with Gasteiger partial charge >= 0.3 is 21.7 Å². The maximum absolute atomic E-state index is 9.63. The van der Waals surface area contributed by atoms with Gasteiger partial charge in [-0.1, -0.05) is 0 Å². The van der Waals surface area contributed by atoms with E-state index in [9.17, 15) is 9.13 Å². The van der Waals surface area contributed by atoms with E-state index in [-0.39, 0.29) is 17.8 Å². The first-order valence-electron chi connectivity index (χ1n) is 4.77. The van der Waals surface area contributed by atoms with Crippen molar-refractivity contribution in [2.24, 2.45) is 17.3 Å². The summed E-state index contributed by atoms with van der Waals surface area (Å²) in [6.45, 7) is 0. The molecule has 134 valence electrons. The first-order valence-corrected chi connectivity index (χ1v) is 7.83. The van der Waals surface area contributed by atoms with E-state index >= 15 is 0 Å². The molecule has 0 aliphatic heterocycles. The molecule has 0 radical (unpaired) electrons. The van der Waals surface area contributed by atoms with E-state index in [1.54, 1.807) is 0 Å². The molecule has 1 rings (SSSR count). The van der Waals surface area contributed by atoms with E-state index in [0.29, 0.717) is 0 Å². The van der Waals surface area contributed by atoms with Gasteiger partial charge in [0.05, 0.1) is 0 Å². The van der Waals surface area contributed by atoms with Gasteiger partial charge in [0.15, 0.2) is 0 Å². The van der Waals surface area contributed by atoms with Crippen LogP contribution in [0.5, 0.6) is 0 Å². The normalized spacial score (nSPS) is 10.5. The van der Waals surface area contributed by atoms with E-state index in [2.05, 4.69) is 36.2 Å². The highest BCUT2D eigenvalue weighted by atomic mass is 31.3. The van der Waals surface area contributed by atoms with Gasteiger partial charge in [0, 0.05) is 0 Å². The Hall–Kier alpha value is -2.10. The molecule has 0 aliphatic rings. The molecule has 1 aromatic heterocycles. The van der Waals surface area contributed by atoms with Gasteiger partial charge in [0.25, 0.3) is 0 Å². The minimum absolute atomic E-state index is 0.0421. The molecule has 1 aromatic rings. The van der Waals surface area contributed by atoms with Crippen LogP contribution >= 0.6 is 15.6 Å². The zero-order valence-electron chi connectivity index (χ0n) is 11.0. The largest absolute Gasteiger partial charge is 0.478 e. The lowest BCUT2D eigenvalue weighted by Crippen LogP contribution is -2.18. The molecule has 15 N–H and O–H groups in total. The molecular weight excluding hydrogens is 364 g/mol. The first-order chi connectivity index (χ1) is 10.2. The first kappa shape index (κ1) is 23.2. The summed E-state index contributed by atoms with van der Waals surface area (Å²) in [5.41, 5.74) is 21.1. The van der Waals surface area contributed by atoms with E-state index in [1.165, 1.54) is 0 Å². The van der Waals surface area contributed by atoms with Crippen LogP contribution in [0.4, 0.5) is 22.6 Å². The fourth-order valence-corrected chi connectivity index (χ4v) is 1.72. The minimum atomic E-state index is -5.05. The number of carbonyl (C=O) groups excluding carboxylic acids is 1. The van der Waals surface area contributed by atoms with Crippen LogP contribution in [0.1, 0.15) is 0 Å². The molecule has 0 aliphatic carbocycles. The summed E-state index contributed by atoms with van der Waals surface area (Å²) in [7, 11) is -10.1. The number of nitrogens with two attached hydrogens (primary N) is 5. The van der Waals surface area contributed by atoms with Gasteiger partial charge in [0.2, 0.25) is 17.8 Å². The fraction of sp³-hybridized carbons (Fsp3) is 0. The molecule has 19 heteroatoms. The molecule has 0 atom stereocenters. The Morgan fingerprint density at radius 3 is 1.43 bits per heavy atom. The molecule has 1 heterocycles. The number of nitrogen functional groups attached to an aromatic ring is 3. The molecule has 0 saturated heterocycles. The minimum Gasteiger partial charge on any atom is -0.368 e. The molecule has 23 heavy (non-hydrogen) atoms. The molecule has 17 nitrogen and oxygen atoms in total. The van der Waals surface area contributed by atoms with Crippen molar-refractivity contribution in [1.29, 1.82) is 0 Å². The van der Waals surface area contributed by atoms with Crippen molar-refractivity contribution in [3.8, 4) is 0 Å². The standard InChI is InChI=1S/C3H7N7.CH4N2O.H4O7P2/c4-1-7-2(5)9-3(8-1)10-6;2-1(3)4;1-8(2,3)7-9(4,5)6/h6H2,(H5,4,5,7,8,9,10);(H4,2,3,4);(H2,1,2,3)(H2,4,5,6). The summed E-state index contributed by atoms with van der Waals surface area (Å²) < 4.78 is 22.2. The highest BCUT2D eigenvalue weighted by Crippen LogP contribution is 2.53. The molecule has 0 bridgehead atoms. The van der Waals surface area contributed by atoms with Crippen molar-refractivity contribution in [3.05, 3.63) is 0 Å². The van der Waals surface area contributed by atoms with Gasteiger partial charge in [-0.2, -0.15) is 19.3 Å². The number of anilines is 3. The van der Waals surface area contributed by atoms with Gasteiger partial charge in [-0.15, -0.1) is 0 Å². The number of phosphoric acid groups is 2. The van der Waals surface area contributed by atoms with E-state index < -0.39 is 21.7 Å². The molecule has 2 amide bonds. The lowest BCUT2D eigenvalue weighted by atomic mass is 10.8. The Morgan fingerprint density at radius 1 is 0.957 bits per heavy atom. The number of hydrogen-bond donors (Lipinski definition) is 10. The third kappa shape index (κ3) is 19.9. The lowest BCUT2D eigenvalue weighted by Gasteiger charge is -2.03. The summed E-state index contributed by atoms with van der Waals surface area (Å²) in [6.07, 6.45) is 0. The lowest BCUT2D eigenvalue weighted by molar-refractivity contribution is 0.225. The Balaban J connectivity index is 0. The second-order valence-corrected chi connectivity index (χ2v) is 5.60. The Morgan fingerprint density at radius 2 is 1.26 bits per heavy atom. The van der Waals surface area contributed by atoms with E-state index in [4.69, 9.17) is 41.7 Å². The second kappa shape index (κ2) is 9.82. The van der Waals surface area contributed by atoms with Crippen molar-refractivity contribution in [1.82, 2.24) is 15.0 Å². The molecule has 0 spiro atoms. The SMILES string of the molecule is NC(N)=O.NNc1nc(N)nc(N)n1.O=P(O)(O)OP(=O)(O)O. The number of nitrogens with zero attached hydrogens (tertiary/aromatic N) is 3. The predicted molar refractivity (Wildman–Crippen MR) is 75.4 cm³/mol. The van der Waals surface area contributed by atoms with Crippen LogP contribution in [0.2, 0.25) is 0 Å². The molecular formula is C4H15N9O8P2. The number of rotatable bonds is 3. The fourth-order valence-electron chi connectivity index (χ4n) is 0.612. The van der Waals surface area contributed by atoms with Crippen LogP contribution in [0.25, 0.3) is 0 Å². The maximum Gasteiger partial charge on any atom is 0.478 e.